The van der Waals surface area contributed by atoms with Gasteiger partial charge in [0.2, 0.25) is 6.29 Å². The third-order valence-electron chi connectivity index (χ3n) is 2.61. The molecule has 3 heteroatoms. The molecule has 0 aliphatic carbocycles. The molecule has 1 aromatic rings. The average Bonchev–Trinajstić information content (AvgIpc) is 2.31. The highest BCUT2D eigenvalue weighted by Crippen LogP contribution is 2.18. The van der Waals surface area contributed by atoms with E-state index in [4.69, 9.17) is 9.47 Å². The van der Waals surface area contributed by atoms with Crippen LogP contribution in [0.3, 0.4) is 0 Å². The van der Waals surface area contributed by atoms with Gasteiger partial charge < -0.3 is 9.47 Å². The van der Waals surface area contributed by atoms with Crippen molar-refractivity contribution < 1.29 is 9.47 Å². The van der Waals surface area contributed by atoms with Crippen molar-refractivity contribution in [3.63, 3.8) is 0 Å². The van der Waals surface area contributed by atoms with Crippen molar-refractivity contribution in [3.05, 3.63) is 35.4 Å². The Hall–Kier alpha value is -1.19. The third-order valence-corrected chi connectivity index (χ3v) is 2.61. The van der Waals surface area contributed by atoms with Crippen molar-refractivity contribution in [2.45, 2.75) is 12.7 Å². The highest BCUT2D eigenvalue weighted by atomic mass is 16.7. The fraction of sp³-hybridized carbons (Fsp3) is 0.417. The van der Waals surface area contributed by atoms with Crippen LogP contribution in [-0.2, 0) is 15.9 Å². The van der Waals surface area contributed by atoms with Crippen LogP contribution < -0.4 is 0 Å². The molecular weight excluding hydrogens is 190 g/mol. The van der Waals surface area contributed by atoms with Crippen molar-refractivity contribution in [2.24, 2.45) is 4.99 Å². The van der Waals surface area contributed by atoms with Gasteiger partial charge in [0, 0.05) is 26.3 Å². The predicted octanol–water partition coefficient (Wildman–Crippen LogP) is 1.65. The first-order chi connectivity index (χ1) is 7.36. The lowest BCUT2D eigenvalue weighted by Gasteiger charge is -2.22. The summed E-state index contributed by atoms with van der Waals surface area (Å²) in [5.41, 5.74) is 3.38. The Kier molecular flexibility index (Phi) is 3.14. The van der Waals surface area contributed by atoms with E-state index in [1.165, 1.54) is 5.56 Å². The van der Waals surface area contributed by atoms with Gasteiger partial charge in [-0.25, -0.2) is 0 Å². The van der Waals surface area contributed by atoms with E-state index >= 15 is 0 Å². The standard InChI is InChI=1S/C12H15NO2/c1-14-12(15-2)11-10-6-4-3-5-9(10)7-8-13-11/h3-6,12H,7-8H2,1-2H3. The van der Waals surface area contributed by atoms with Gasteiger partial charge in [0.05, 0.1) is 5.71 Å². The molecule has 1 heterocycles. The Labute approximate surface area is 89.7 Å². The van der Waals surface area contributed by atoms with Gasteiger partial charge in [-0.1, -0.05) is 24.3 Å². The second-order valence-corrected chi connectivity index (χ2v) is 3.48. The number of fused-ring (bicyclic) bond motifs is 1. The molecular formula is C12H15NO2. The van der Waals surface area contributed by atoms with E-state index in [-0.39, 0.29) is 6.29 Å². The summed E-state index contributed by atoms with van der Waals surface area (Å²) in [6.07, 6.45) is 0.645. The molecule has 0 aromatic heterocycles. The quantitative estimate of drug-likeness (QED) is 0.702. The molecule has 0 fully saturated rings. The van der Waals surface area contributed by atoms with Gasteiger partial charge in [0.1, 0.15) is 0 Å². The van der Waals surface area contributed by atoms with Gasteiger partial charge in [-0.2, -0.15) is 0 Å². The molecule has 15 heavy (non-hydrogen) atoms. The fourth-order valence-electron chi connectivity index (χ4n) is 1.89. The zero-order chi connectivity index (χ0) is 10.7. The van der Waals surface area contributed by atoms with Gasteiger partial charge in [0.15, 0.2) is 0 Å². The Morgan fingerprint density at radius 2 is 1.93 bits per heavy atom. The largest absolute Gasteiger partial charge is 0.350 e. The second kappa shape index (κ2) is 4.55. The Morgan fingerprint density at radius 3 is 2.67 bits per heavy atom. The molecule has 0 saturated carbocycles. The third kappa shape index (κ3) is 1.94. The molecule has 2 rings (SSSR count). The summed E-state index contributed by atoms with van der Waals surface area (Å²) in [6, 6.07) is 8.27. The summed E-state index contributed by atoms with van der Waals surface area (Å²) in [7, 11) is 3.27. The minimum atomic E-state index is -0.355. The highest BCUT2D eigenvalue weighted by molar-refractivity contribution is 6.04. The summed E-state index contributed by atoms with van der Waals surface area (Å²) in [4.78, 5) is 4.48. The van der Waals surface area contributed by atoms with E-state index < -0.39 is 0 Å². The lowest BCUT2D eigenvalue weighted by atomic mass is 9.97. The molecule has 0 N–H and O–H groups in total. The predicted molar refractivity (Wildman–Crippen MR) is 59.4 cm³/mol. The Morgan fingerprint density at radius 1 is 1.20 bits per heavy atom. The van der Waals surface area contributed by atoms with E-state index in [1.54, 1.807) is 14.2 Å². The van der Waals surface area contributed by atoms with E-state index in [0.717, 1.165) is 24.2 Å². The maximum atomic E-state index is 5.24. The minimum absolute atomic E-state index is 0.355. The van der Waals surface area contributed by atoms with Crippen LogP contribution in [0.1, 0.15) is 11.1 Å². The zero-order valence-electron chi connectivity index (χ0n) is 9.06. The van der Waals surface area contributed by atoms with Crippen molar-refractivity contribution in [1.82, 2.24) is 0 Å². The minimum Gasteiger partial charge on any atom is -0.350 e. The van der Waals surface area contributed by atoms with Crippen LogP contribution in [0.15, 0.2) is 29.3 Å². The highest BCUT2D eigenvalue weighted by Gasteiger charge is 2.21. The van der Waals surface area contributed by atoms with E-state index in [1.807, 2.05) is 6.07 Å². The van der Waals surface area contributed by atoms with Crippen LogP contribution >= 0.6 is 0 Å². The molecule has 1 aromatic carbocycles. The van der Waals surface area contributed by atoms with Crippen LogP contribution in [-0.4, -0.2) is 32.8 Å². The topological polar surface area (TPSA) is 30.8 Å². The Bertz CT molecular complexity index is 370. The number of hydrogen-bond donors (Lipinski definition) is 0. The van der Waals surface area contributed by atoms with Crippen molar-refractivity contribution in [1.29, 1.82) is 0 Å². The van der Waals surface area contributed by atoms with E-state index in [9.17, 15) is 0 Å². The maximum Gasteiger partial charge on any atom is 0.200 e. The summed E-state index contributed by atoms with van der Waals surface area (Å²) in [6.45, 7) is 0.815. The van der Waals surface area contributed by atoms with E-state index in [2.05, 4.69) is 23.2 Å². The number of methoxy groups -OCH3 is 2. The number of rotatable bonds is 3. The molecule has 0 spiro atoms. The molecule has 1 aliphatic rings. The van der Waals surface area contributed by atoms with Crippen molar-refractivity contribution >= 4 is 5.71 Å². The van der Waals surface area contributed by atoms with Gasteiger partial charge >= 0.3 is 0 Å². The maximum absolute atomic E-state index is 5.24. The summed E-state index contributed by atoms with van der Waals surface area (Å²) in [5, 5.41) is 0. The molecule has 3 nitrogen and oxygen atoms in total. The molecule has 80 valence electrons. The van der Waals surface area contributed by atoms with Gasteiger partial charge in [0.25, 0.3) is 0 Å². The van der Waals surface area contributed by atoms with Crippen molar-refractivity contribution in [3.8, 4) is 0 Å². The lowest BCUT2D eigenvalue weighted by molar-refractivity contribution is -0.0517. The fourth-order valence-corrected chi connectivity index (χ4v) is 1.89. The number of nitrogens with zero attached hydrogens (tertiary/aromatic N) is 1. The summed E-state index contributed by atoms with van der Waals surface area (Å²) >= 11 is 0. The van der Waals surface area contributed by atoms with Crippen LogP contribution in [0, 0.1) is 0 Å². The zero-order valence-corrected chi connectivity index (χ0v) is 9.06. The van der Waals surface area contributed by atoms with Crippen LogP contribution in [0.2, 0.25) is 0 Å². The van der Waals surface area contributed by atoms with Crippen LogP contribution in [0.5, 0.6) is 0 Å². The van der Waals surface area contributed by atoms with E-state index in [0.29, 0.717) is 0 Å². The molecule has 0 atom stereocenters. The normalized spacial score (nSPS) is 15.0. The average molecular weight is 205 g/mol. The summed E-state index contributed by atoms with van der Waals surface area (Å²) < 4.78 is 10.5. The molecule has 0 bridgehead atoms. The smallest absolute Gasteiger partial charge is 0.200 e. The van der Waals surface area contributed by atoms with Crippen LogP contribution in [0.4, 0.5) is 0 Å². The Balaban J connectivity index is 2.37. The molecule has 0 radical (unpaired) electrons. The number of benzene rings is 1. The molecule has 0 unspecified atom stereocenters. The first-order valence-electron chi connectivity index (χ1n) is 5.05. The van der Waals surface area contributed by atoms with Crippen molar-refractivity contribution in [2.75, 3.05) is 20.8 Å². The SMILES string of the molecule is COC(OC)C1=NCCc2ccccc21. The van der Waals surface area contributed by atoms with Gasteiger partial charge in [-0.3, -0.25) is 4.99 Å². The van der Waals surface area contributed by atoms with Crippen LogP contribution in [0.25, 0.3) is 0 Å². The lowest BCUT2D eigenvalue weighted by Crippen LogP contribution is -2.29. The number of ether oxygens (including phenoxy) is 2. The second-order valence-electron chi connectivity index (χ2n) is 3.48. The molecule has 0 amide bonds. The summed E-state index contributed by atoms with van der Waals surface area (Å²) in [5.74, 6) is 0. The first kappa shape index (κ1) is 10.3. The first-order valence-corrected chi connectivity index (χ1v) is 5.05. The van der Waals surface area contributed by atoms with Gasteiger partial charge in [-0.15, -0.1) is 0 Å². The molecule has 1 aliphatic heterocycles. The van der Waals surface area contributed by atoms with Gasteiger partial charge in [-0.05, 0) is 12.0 Å². The number of aliphatic imine (C=N–C) groups is 1. The molecule has 0 saturated heterocycles. The number of hydrogen-bond acceptors (Lipinski definition) is 3. The monoisotopic (exact) mass is 205 g/mol.